The molecule has 0 aliphatic rings. The second kappa shape index (κ2) is 20.6. The lowest BCUT2D eigenvalue weighted by molar-refractivity contribution is 1.16. The molecule has 11 rings (SSSR count). The van der Waals surface area contributed by atoms with Crippen LogP contribution in [0.1, 0.15) is 6.92 Å². The average Bonchev–Trinajstić information content (AvgIpc) is 3.92. The van der Waals surface area contributed by atoms with Gasteiger partial charge in [0.2, 0.25) is 0 Å². The topological polar surface area (TPSA) is 16.3 Å². The molecular formula is C65H54N4. The molecule has 0 radical (unpaired) electrons. The Morgan fingerprint density at radius 2 is 0.754 bits per heavy atom. The molecule has 2 aromatic heterocycles. The SMILES string of the molecule is C=C.C=C/C=C\C(=C)N(c1ccccc1)c1ccc(-n2c3ccccc3c3cc(-c4ccc5c(c4)c4ccccc4n5-c4ccc(N(c5ccccc5)c5ccccc5)cc4)ccc32)cc1.C=CC. The number of hydrogen-bond acceptors (Lipinski definition) is 2. The van der Waals surface area contributed by atoms with Gasteiger partial charge in [0.25, 0.3) is 0 Å². The minimum atomic E-state index is 0.856. The fourth-order valence-electron chi connectivity index (χ4n) is 9.28. The third-order valence-corrected chi connectivity index (χ3v) is 12.2. The number of fused-ring (bicyclic) bond motifs is 6. The summed E-state index contributed by atoms with van der Waals surface area (Å²) in [6.07, 6.45) is 7.43. The molecule has 0 aliphatic carbocycles. The van der Waals surface area contributed by atoms with Gasteiger partial charge in [0, 0.05) is 67.1 Å². The van der Waals surface area contributed by atoms with Gasteiger partial charge in [-0.15, -0.1) is 19.7 Å². The molecule has 69 heavy (non-hydrogen) atoms. The highest BCUT2D eigenvalue weighted by Gasteiger charge is 2.18. The van der Waals surface area contributed by atoms with Gasteiger partial charge in [-0.25, -0.2) is 0 Å². The van der Waals surface area contributed by atoms with E-state index in [1.165, 1.54) is 49.2 Å². The van der Waals surface area contributed by atoms with Crippen LogP contribution in [0, 0.1) is 0 Å². The van der Waals surface area contributed by atoms with Gasteiger partial charge in [0.15, 0.2) is 0 Å². The Balaban J connectivity index is 0.00000114. The molecule has 334 valence electrons. The number of nitrogens with zero attached hydrogens (tertiary/aromatic N) is 4. The highest BCUT2D eigenvalue weighted by molar-refractivity contribution is 6.12. The molecule has 0 saturated carbocycles. The maximum atomic E-state index is 4.39. The van der Waals surface area contributed by atoms with Crippen molar-refractivity contribution >= 4 is 72.0 Å². The number of allylic oxidation sites excluding steroid dienone is 4. The maximum absolute atomic E-state index is 4.39. The number of para-hydroxylation sites is 5. The van der Waals surface area contributed by atoms with Crippen LogP contribution in [-0.4, -0.2) is 9.13 Å². The van der Waals surface area contributed by atoms with Crippen LogP contribution in [0.25, 0.3) is 66.1 Å². The van der Waals surface area contributed by atoms with Gasteiger partial charge in [-0.05, 0) is 145 Å². The van der Waals surface area contributed by atoms with Crippen LogP contribution < -0.4 is 9.80 Å². The maximum Gasteiger partial charge on any atom is 0.0541 e. The Bertz CT molecular complexity index is 3540. The molecule has 11 aromatic rings. The number of rotatable bonds is 11. The Kier molecular flexibility index (Phi) is 13.4. The van der Waals surface area contributed by atoms with Crippen LogP contribution in [0.15, 0.2) is 287 Å². The van der Waals surface area contributed by atoms with Crippen molar-refractivity contribution in [1.29, 1.82) is 0 Å². The van der Waals surface area contributed by atoms with E-state index in [1.54, 1.807) is 12.2 Å². The number of benzene rings is 9. The molecule has 0 saturated heterocycles. The smallest absolute Gasteiger partial charge is 0.0541 e. The molecule has 2 heterocycles. The van der Waals surface area contributed by atoms with Gasteiger partial charge in [-0.1, -0.05) is 135 Å². The van der Waals surface area contributed by atoms with Gasteiger partial charge >= 0.3 is 0 Å². The zero-order chi connectivity index (χ0) is 47.7. The molecule has 0 unspecified atom stereocenters. The Hall–Kier alpha value is -9.12. The summed E-state index contributed by atoms with van der Waals surface area (Å²) in [6.45, 7) is 19.5. The molecule has 0 bridgehead atoms. The van der Waals surface area contributed by atoms with Crippen LogP contribution in [0.3, 0.4) is 0 Å². The predicted molar refractivity (Wildman–Crippen MR) is 299 cm³/mol. The van der Waals surface area contributed by atoms with Crippen molar-refractivity contribution in [3.8, 4) is 22.5 Å². The summed E-state index contributed by atoms with van der Waals surface area (Å²) in [4.78, 5) is 4.47. The summed E-state index contributed by atoms with van der Waals surface area (Å²) in [5.41, 5.74) is 15.5. The van der Waals surface area contributed by atoms with Crippen molar-refractivity contribution in [2.24, 2.45) is 0 Å². The van der Waals surface area contributed by atoms with Gasteiger partial charge in [0.05, 0.1) is 22.1 Å². The van der Waals surface area contributed by atoms with Crippen molar-refractivity contribution in [2.75, 3.05) is 9.80 Å². The Morgan fingerprint density at radius 1 is 0.406 bits per heavy atom. The van der Waals surface area contributed by atoms with E-state index in [9.17, 15) is 0 Å². The van der Waals surface area contributed by atoms with Gasteiger partial charge in [-0.2, -0.15) is 0 Å². The molecule has 4 nitrogen and oxygen atoms in total. The Labute approximate surface area is 405 Å². The highest BCUT2D eigenvalue weighted by atomic mass is 15.1. The van der Waals surface area contributed by atoms with Gasteiger partial charge < -0.3 is 18.9 Å². The largest absolute Gasteiger partial charge is 0.311 e. The molecule has 0 amide bonds. The molecule has 0 spiro atoms. The standard InChI is InChI=1S/C60H44N4.C3H6.C2H4/c1-3-4-18-43(2)61(46-19-8-5-9-20-46)49-31-35-51(36-32-49)63-57-27-16-14-25-53(57)55-41-44(29-39-59(55)63)45-30-40-60-56(42-45)54-26-15-17-28-58(54)64(60)52-37-33-50(34-38-52)62(47-21-10-6-11-22-47)48-23-12-7-13-24-48;1-3-2;1-2/h3-42H,1-2H2;3H,1H2,2H3;1-2H2/b18-4-;;. The molecule has 4 heteroatoms. The normalized spacial score (nSPS) is 10.9. The molecule has 0 aliphatic heterocycles. The van der Waals surface area contributed by atoms with E-state index in [-0.39, 0.29) is 0 Å². The minimum Gasteiger partial charge on any atom is -0.311 e. The third kappa shape index (κ3) is 8.83. The Morgan fingerprint density at radius 3 is 1.19 bits per heavy atom. The van der Waals surface area contributed by atoms with Crippen LogP contribution >= 0.6 is 0 Å². The molecule has 0 atom stereocenters. The second-order valence-electron chi connectivity index (χ2n) is 16.4. The van der Waals surface area contributed by atoms with E-state index >= 15 is 0 Å². The lowest BCUT2D eigenvalue weighted by Gasteiger charge is -2.26. The summed E-state index contributed by atoms with van der Waals surface area (Å²) >= 11 is 0. The summed E-state index contributed by atoms with van der Waals surface area (Å²) in [7, 11) is 0. The summed E-state index contributed by atoms with van der Waals surface area (Å²) < 4.78 is 4.77. The number of anilines is 5. The fourth-order valence-corrected chi connectivity index (χ4v) is 9.28. The van der Waals surface area contributed by atoms with Gasteiger partial charge in [0.1, 0.15) is 0 Å². The number of hydrogen-bond donors (Lipinski definition) is 0. The summed E-state index contributed by atoms with van der Waals surface area (Å²) in [5, 5.41) is 4.89. The fraction of sp³-hybridized carbons (Fsp3) is 0.0154. The van der Waals surface area contributed by atoms with Crippen molar-refractivity contribution in [2.45, 2.75) is 6.92 Å². The molecule has 0 N–H and O–H groups in total. The van der Waals surface area contributed by atoms with E-state index in [4.69, 9.17) is 0 Å². The summed E-state index contributed by atoms with van der Waals surface area (Å²) in [5.74, 6) is 0. The molecule has 9 aromatic carbocycles. The van der Waals surface area contributed by atoms with Crippen molar-refractivity contribution < 1.29 is 0 Å². The van der Waals surface area contributed by atoms with Gasteiger partial charge in [-0.3, -0.25) is 0 Å². The monoisotopic (exact) mass is 890 g/mol. The quantitative estimate of drug-likeness (QED) is 0.0950. The first-order valence-electron chi connectivity index (χ1n) is 23.1. The number of aromatic nitrogens is 2. The zero-order valence-electron chi connectivity index (χ0n) is 39.0. The van der Waals surface area contributed by atoms with Crippen molar-refractivity contribution in [3.63, 3.8) is 0 Å². The van der Waals surface area contributed by atoms with Crippen LogP contribution in [0.4, 0.5) is 28.4 Å². The lowest BCUT2D eigenvalue weighted by atomic mass is 10.0. The first-order chi connectivity index (χ1) is 34.1. The van der Waals surface area contributed by atoms with E-state index < -0.39 is 0 Å². The third-order valence-electron chi connectivity index (χ3n) is 12.2. The van der Waals surface area contributed by atoms with Crippen molar-refractivity contribution in [3.05, 3.63) is 287 Å². The summed E-state index contributed by atoms with van der Waals surface area (Å²) in [6, 6.07) is 80.4. The van der Waals surface area contributed by atoms with E-state index in [2.05, 4.69) is 270 Å². The predicted octanol–water partition coefficient (Wildman–Crippen LogP) is 18.4. The molecular weight excluding hydrogens is 837 g/mol. The highest BCUT2D eigenvalue weighted by Crippen LogP contribution is 2.40. The second-order valence-corrected chi connectivity index (χ2v) is 16.4. The van der Waals surface area contributed by atoms with E-state index in [0.717, 1.165) is 51.0 Å². The first kappa shape index (κ1) is 45.1. The lowest BCUT2D eigenvalue weighted by Crippen LogP contribution is -2.14. The van der Waals surface area contributed by atoms with Crippen LogP contribution in [0.2, 0.25) is 0 Å². The van der Waals surface area contributed by atoms with Crippen LogP contribution in [0.5, 0.6) is 0 Å². The van der Waals surface area contributed by atoms with E-state index in [0.29, 0.717) is 0 Å². The average molecular weight is 891 g/mol. The van der Waals surface area contributed by atoms with Crippen LogP contribution in [-0.2, 0) is 0 Å². The van der Waals surface area contributed by atoms with Crippen molar-refractivity contribution in [1.82, 2.24) is 9.13 Å². The molecule has 0 fully saturated rings. The first-order valence-corrected chi connectivity index (χ1v) is 23.1. The zero-order valence-corrected chi connectivity index (χ0v) is 39.0. The minimum absolute atomic E-state index is 0.856. The van der Waals surface area contributed by atoms with E-state index in [1.807, 2.05) is 25.1 Å².